The number of para-hydroxylation sites is 1. The molecular weight excluding hydrogens is 208 g/mol. The highest BCUT2D eigenvalue weighted by atomic mass is 32.1. The first-order chi connectivity index (χ1) is 7.36. The van der Waals surface area contributed by atoms with E-state index in [4.69, 9.17) is 9.47 Å². The summed E-state index contributed by atoms with van der Waals surface area (Å²) in [5, 5.41) is 1.89. The van der Waals surface area contributed by atoms with E-state index in [9.17, 15) is 0 Å². The van der Waals surface area contributed by atoms with Crippen LogP contribution in [0.25, 0.3) is 10.4 Å². The molecule has 3 heteroatoms. The number of methoxy groups -OCH3 is 2. The molecule has 2 nitrogen and oxygen atoms in total. The van der Waals surface area contributed by atoms with Gasteiger partial charge < -0.3 is 9.47 Å². The van der Waals surface area contributed by atoms with E-state index >= 15 is 0 Å². The van der Waals surface area contributed by atoms with Crippen molar-refractivity contribution in [3.05, 3.63) is 35.7 Å². The van der Waals surface area contributed by atoms with Crippen molar-refractivity contribution in [2.24, 2.45) is 0 Å². The lowest BCUT2D eigenvalue weighted by Crippen LogP contribution is -1.87. The molecule has 1 aromatic carbocycles. The van der Waals surface area contributed by atoms with Crippen LogP contribution in [-0.4, -0.2) is 14.2 Å². The summed E-state index contributed by atoms with van der Waals surface area (Å²) in [4.78, 5) is 1.05. The van der Waals surface area contributed by atoms with Gasteiger partial charge in [-0.1, -0.05) is 12.1 Å². The minimum Gasteiger partial charge on any atom is -0.496 e. The first kappa shape index (κ1) is 10.1. The summed E-state index contributed by atoms with van der Waals surface area (Å²) in [7, 11) is 3.32. The minimum atomic E-state index is 0.768. The van der Waals surface area contributed by atoms with Crippen LogP contribution in [0.2, 0.25) is 0 Å². The average Bonchev–Trinajstić information content (AvgIpc) is 2.76. The third-order valence-electron chi connectivity index (χ3n) is 2.13. The van der Waals surface area contributed by atoms with Crippen LogP contribution >= 0.6 is 11.3 Å². The molecule has 77 valence electrons. The maximum atomic E-state index is 5.31. The van der Waals surface area contributed by atoms with Gasteiger partial charge in [-0.05, 0) is 12.1 Å². The van der Waals surface area contributed by atoms with E-state index in [0.717, 1.165) is 21.9 Å². The molecule has 0 aliphatic carbocycles. The Morgan fingerprint density at radius 3 is 2.67 bits per heavy atom. The normalized spacial score (nSPS) is 10.0. The summed E-state index contributed by atoms with van der Waals surface area (Å²) >= 11 is 1.60. The Labute approximate surface area is 93.1 Å². The molecule has 1 aromatic heterocycles. The smallest absolute Gasteiger partial charge is 0.145 e. The predicted octanol–water partition coefficient (Wildman–Crippen LogP) is 3.23. The van der Waals surface area contributed by atoms with Crippen LogP contribution < -0.4 is 9.47 Å². The van der Waals surface area contributed by atoms with Gasteiger partial charge in [0.15, 0.2) is 0 Å². The fourth-order valence-electron chi connectivity index (χ4n) is 1.43. The molecule has 0 aliphatic rings. The van der Waals surface area contributed by atoms with Crippen LogP contribution in [0.5, 0.6) is 11.5 Å². The molecule has 15 heavy (non-hydrogen) atoms. The van der Waals surface area contributed by atoms with E-state index in [1.54, 1.807) is 25.6 Å². The Kier molecular flexibility index (Phi) is 2.92. The largest absolute Gasteiger partial charge is 0.496 e. The van der Waals surface area contributed by atoms with Crippen molar-refractivity contribution in [1.29, 1.82) is 0 Å². The van der Waals surface area contributed by atoms with Gasteiger partial charge in [0.1, 0.15) is 11.5 Å². The van der Waals surface area contributed by atoms with Gasteiger partial charge in [-0.25, -0.2) is 0 Å². The van der Waals surface area contributed by atoms with E-state index < -0.39 is 0 Å². The SMILES string of the molecule is COc1[c]csc1-c1ccccc1OC. The molecule has 1 radical (unpaired) electrons. The van der Waals surface area contributed by atoms with Crippen molar-refractivity contribution in [3.8, 4) is 21.9 Å². The predicted molar refractivity (Wildman–Crippen MR) is 61.7 cm³/mol. The molecule has 0 saturated carbocycles. The molecule has 0 atom stereocenters. The van der Waals surface area contributed by atoms with Gasteiger partial charge in [0.05, 0.1) is 19.1 Å². The highest BCUT2D eigenvalue weighted by molar-refractivity contribution is 7.14. The first-order valence-electron chi connectivity index (χ1n) is 4.53. The van der Waals surface area contributed by atoms with Crippen molar-refractivity contribution in [2.45, 2.75) is 0 Å². The molecule has 0 saturated heterocycles. The average molecular weight is 219 g/mol. The lowest BCUT2D eigenvalue weighted by atomic mass is 10.1. The Bertz CT molecular complexity index is 448. The van der Waals surface area contributed by atoms with Crippen molar-refractivity contribution in [3.63, 3.8) is 0 Å². The lowest BCUT2D eigenvalue weighted by Gasteiger charge is -2.07. The molecule has 1 heterocycles. The second kappa shape index (κ2) is 4.36. The molecule has 0 unspecified atom stereocenters. The summed E-state index contributed by atoms with van der Waals surface area (Å²) in [5.74, 6) is 1.62. The molecule has 0 N–H and O–H groups in total. The standard InChI is InChI=1S/C12H11O2S/c1-13-10-6-4-3-5-9(10)12-11(14-2)7-8-15-12/h3-6,8H,1-2H3. The third kappa shape index (κ3) is 1.83. The van der Waals surface area contributed by atoms with Gasteiger partial charge in [0, 0.05) is 17.0 Å². The summed E-state index contributed by atoms with van der Waals surface area (Å²) in [6.07, 6.45) is 0. The van der Waals surface area contributed by atoms with Crippen LogP contribution in [0.15, 0.2) is 29.6 Å². The zero-order chi connectivity index (χ0) is 10.7. The van der Waals surface area contributed by atoms with Gasteiger partial charge in [-0.2, -0.15) is 0 Å². The van der Waals surface area contributed by atoms with Crippen LogP contribution in [0, 0.1) is 6.07 Å². The zero-order valence-electron chi connectivity index (χ0n) is 8.61. The zero-order valence-corrected chi connectivity index (χ0v) is 9.43. The summed E-state index contributed by atoms with van der Waals surface area (Å²) in [6, 6.07) is 10.9. The molecule has 2 aromatic rings. The van der Waals surface area contributed by atoms with E-state index in [2.05, 4.69) is 6.07 Å². The lowest BCUT2D eigenvalue weighted by molar-refractivity contribution is 0.411. The Morgan fingerprint density at radius 2 is 1.93 bits per heavy atom. The molecule has 0 fully saturated rings. The highest BCUT2D eigenvalue weighted by Gasteiger charge is 2.11. The Balaban J connectivity index is 2.53. The molecule has 0 bridgehead atoms. The Hall–Kier alpha value is -1.48. The molecule has 2 rings (SSSR count). The van der Waals surface area contributed by atoms with Crippen LogP contribution in [0.4, 0.5) is 0 Å². The van der Waals surface area contributed by atoms with Gasteiger partial charge in [-0.3, -0.25) is 0 Å². The number of benzene rings is 1. The highest BCUT2D eigenvalue weighted by Crippen LogP contribution is 2.39. The van der Waals surface area contributed by atoms with Crippen LogP contribution in [-0.2, 0) is 0 Å². The van der Waals surface area contributed by atoms with E-state index in [1.807, 2.05) is 29.6 Å². The number of hydrogen-bond donors (Lipinski definition) is 0. The van der Waals surface area contributed by atoms with Gasteiger partial charge in [0.25, 0.3) is 0 Å². The Morgan fingerprint density at radius 1 is 1.13 bits per heavy atom. The van der Waals surface area contributed by atoms with Crippen molar-refractivity contribution >= 4 is 11.3 Å². The fraction of sp³-hybridized carbons (Fsp3) is 0.167. The summed E-state index contributed by atoms with van der Waals surface area (Å²) in [6.45, 7) is 0. The van der Waals surface area contributed by atoms with Gasteiger partial charge in [-0.15, -0.1) is 11.3 Å². The number of thiophene rings is 1. The second-order valence-corrected chi connectivity index (χ2v) is 3.82. The van der Waals surface area contributed by atoms with E-state index in [0.29, 0.717) is 0 Å². The van der Waals surface area contributed by atoms with Crippen LogP contribution in [0.3, 0.4) is 0 Å². The van der Waals surface area contributed by atoms with Gasteiger partial charge in [0.2, 0.25) is 0 Å². The molecular formula is C12H11O2S. The fourth-order valence-corrected chi connectivity index (χ4v) is 2.26. The minimum absolute atomic E-state index is 0.768. The maximum absolute atomic E-state index is 5.31. The van der Waals surface area contributed by atoms with E-state index in [1.165, 1.54) is 0 Å². The van der Waals surface area contributed by atoms with Crippen molar-refractivity contribution < 1.29 is 9.47 Å². The van der Waals surface area contributed by atoms with Crippen molar-refractivity contribution in [1.82, 2.24) is 0 Å². The number of ether oxygens (including phenoxy) is 2. The first-order valence-corrected chi connectivity index (χ1v) is 5.41. The monoisotopic (exact) mass is 219 g/mol. The van der Waals surface area contributed by atoms with Crippen molar-refractivity contribution in [2.75, 3.05) is 14.2 Å². The number of hydrogen-bond acceptors (Lipinski definition) is 3. The summed E-state index contributed by atoms with van der Waals surface area (Å²) < 4.78 is 10.5. The number of rotatable bonds is 3. The topological polar surface area (TPSA) is 18.5 Å². The maximum Gasteiger partial charge on any atom is 0.145 e. The third-order valence-corrected chi connectivity index (χ3v) is 3.01. The molecule has 0 aliphatic heterocycles. The second-order valence-electron chi connectivity index (χ2n) is 2.94. The van der Waals surface area contributed by atoms with E-state index in [-0.39, 0.29) is 0 Å². The molecule has 0 spiro atoms. The van der Waals surface area contributed by atoms with Gasteiger partial charge >= 0.3 is 0 Å². The van der Waals surface area contributed by atoms with Crippen LogP contribution in [0.1, 0.15) is 0 Å². The summed E-state index contributed by atoms with van der Waals surface area (Å²) in [5.41, 5.74) is 1.04. The molecule has 0 amide bonds. The quantitative estimate of drug-likeness (QED) is 0.789.